The van der Waals surface area contributed by atoms with Crippen LogP contribution in [0, 0.1) is 0 Å². The summed E-state index contributed by atoms with van der Waals surface area (Å²) in [5, 5.41) is 3.89. The number of benzene rings is 1. The van der Waals surface area contributed by atoms with Gasteiger partial charge in [0.2, 0.25) is 5.89 Å². The van der Waals surface area contributed by atoms with Crippen molar-refractivity contribution in [3.05, 3.63) is 35.5 Å². The van der Waals surface area contributed by atoms with Crippen molar-refractivity contribution in [2.75, 3.05) is 14.2 Å². The molecule has 0 saturated carbocycles. The van der Waals surface area contributed by atoms with E-state index in [0.717, 1.165) is 5.56 Å². The van der Waals surface area contributed by atoms with Crippen LogP contribution in [0.4, 0.5) is 0 Å². The summed E-state index contributed by atoms with van der Waals surface area (Å²) in [6.07, 6.45) is 0.676. The molecule has 0 spiro atoms. The second kappa shape index (κ2) is 5.71. The normalized spacial score (nSPS) is 12.2. The standard InChI is InChI=1S/C13H17N3O3/c1-4-10-15-13(16-19-10)11(14)8-6-5-7-9(17-2)12(8)18-3/h5-7,11H,4,14H2,1-3H3. The third kappa shape index (κ3) is 2.53. The third-order valence-electron chi connectivity index (χ3n) is 2.83. The first-order valence-electron chi connectivity index (χ1n) is 6.00. The zero-order valence-electron chi connectivity index (χ0n) is 11.2. The highest BCUT2D eigenvalue weighted by Gasteiger charge is 2.21. The van der Waals surface area contributed by atoms with Gasteiger partial charge in [0.25, 0.3) is 0 Å². The van der Waals surface area contributed by atoms with Crippen molar-refractivity contribution >= 4 is 0 Å². The fourth-order valence-electron chi connectivity index (χ4n) is 1.83. The summed E-state index contributed by atoms with van der Waals surface area (Å²) < 4.78 is 15.7. The maximum atomic E-state index is 6.16. The van der Waals surface area contributed by atoms with Gasteiger partial charge in [0.15, 0.2) is 17.3 Å². The maximum absolute atomic E-state index is 6.16. The largest absolute Gasteiger partial charge is 0.493 e. The van der Waals surface area contributed by atoms with Gasteiger partial charge in [0, 0.05) is 12.0 Å². The first-order chi connectivity index (χ1) is 9.21. The molecule has 0 bridgehead atoms. The molecular weight excluding hydrogens is 246 g/mol. The van der Waals surface area contributed by atoms with Crippen molar-refractivity contribution in [2.24, 2.45) is 5.73 Å². The summed E-state index contributed by atoms with van der Waals surface area (Å²) in [7, 11) is 3.15. The Kier molecular flexibility index (Phi) is 4.01. The van der Waals surface area contributed by atoms with Crippen LogP contribution in [0.3, 0.4) is 0 Å². The predicted octanol–water partition coefficient (Wildman–Crippen LogP) is 1.70. The Bertz CT molecular complexity index is 554. The first kappa shape index (κ1) is 13.4. The monoisotopic (exact) mass is 263 g/mol. The Morgan fingerprint density at radius 2 is 2.11 bits per heavy atom. The van der Waals surface area contributed by atoms with Crippen LogP contribution in [0.5, 0.6) is 11.5 Å². The van der Waals surface area contributed by atoms with E-state index in [0.29, 0.717) is 29.6 Å². The zero-order valence-corrected chi connectivity index (χ0v) is 11.2. The van der Waals surface area contributed by atoms with Gasteiger partial charge in [-0.15, -0.1) is 0 Å². The van der Waals surface area contributed by atoms with Crippen LogP contribution in [0.2, 0.25) is 0 Å². The van der Waals surface area contributed by atoms with Crippen LogP contribution in [-0.4, -0.2) is 24.4 Å². The van der Waals surface area contributed by atoms with E-state index in [1.54, 1.807) is 14.2 Å². The molecule has 0 aliphatic heterocycles. The topological polar surface area (TPSA) is 83.4 Å². The number of hydrogen-bond acceptors (Lipinski definition) is 6. The Balaban J connectivity index is 2.40. The van der Waals surface area contributed by atoms with Crippen molar-refractivity contribution in [3.8, 4) is 11.5 Å². The van der Waals surface area contributed by atoms with Gasteiger partial charge in [-0.25, -0.2) is 0 Å². The number of para-hydroxylation sites is 1. The van der Waals surface area contributed by atoms with E-state index in [4.69, 9.17) is 19.7 Å². The van der Waals surface area contributed by atoms with Crippen LogP contribution < -0.4 is 15.2 Å². The fraction of sp³-hybridized carbons (Fsp3) is 0.385. The molecule has 0 aliphatic rings. The van der Waals surface area contributed by atoms with Crippen LogP contribution >= 0.6 is 0 Å². The highest BCUT2D eigenvalue weighted by Crippen LogP contribution is 2.35. The van der Waals surface area contributed by atoms with Crippen LogP contribution in [0.1, 0.15) is 30.2 Å². The lowest BCUT2D eigenvalue weighted by Crippen LogP contribution is -2.15. The second-order valence-corrected chi connectivity index (χ2v) is 3.96. The molecule has 1 atom stereocenters. The van der Waals surface area contributed by atoms with E-state index in [1.165, 1.54) is 0 Å². The summed E-state index contributed by atoms with van der Waals surface area (Å²) in [5.41, 5.74) is 6.92. The Morgan fingerprint density at radius 3 is 2.68 bits per heavy atom. The van der Waals surface area contributed by atoms with Crippen molar-refractivity contribution in [2.45, 2.75) is 19.4 Å². The smallest absolute Gasteiger partial charge is 0.226 e. The van der Waals surface area contributed by atoms with Crippen LogP contribution in [0.25, 0.3) is 0 Å². The van der Waals surface area contributed by atoms with Gasteiger partial charge in [-0.3, -0.25) is 0 Å². The number of ether oxygens (including phenoxy) is 2. The average molecular weight is 263 g/mol. The molecule has 2 rings (SSSR count). The fourth-order valence-corrected chi connectivity index (χ4v) is 1.83. The van der Waals surface area contributed by atoms with Gasteiger partial charge in [-0.1, -0.05) is 24.2 Å². The molecule has 0 fully saturated rings. The highest BCUT2D eigenvalue weighted by molar-refractivity contribution is 5.49. The molecule has 6 heteroatoms. The van der Waals surface area contributed by atoms with Gasteiger partial charge in [0.1, 0.15) is 0 Å². The number of nitrogens with zero attached hydrogens (tertiary/aromatic N) is 2. The minimum absolute atomic E-state index is 0.434. The first-order valence-corrected chi connectivity index (χ1v) is 6.00. The van der Waals surface area contributed by atoms with E-state index in [9.17, 15) is 0 Å². The van der Waals surface area contributed by atoms with Crippen LogP contribution in [0.15, 0.2) is 22.7 Å². The number of aryl methyl sites for hydroxylation is 1. The molecule has 2 N–H and O–H groups in total. The number of hydrogen-bond donors (Lipinski definition) is 1. The minimum Gasteiger partial charge on any atom is -0.493 e. The van der Waals surface area contributed by atoms with Gasteiger partial charge in [-0.05, 0) is 6.07 Å². The summed E-state index contributed by atoms with van der Waals surface area (Å²) in [6.45, 7) is 1.94. The van der Waals surface area contributed by atoms with Gasteiger partial charge >= 0.3 is 0 Å². The molecule has 1 aromatic heterocycles. The van der Waals surface area contributed by atoms with Gasteiger partial charge < -0.3 is 19.7 Å². The Hall–Kier alpha value is -2.08. The SMILES string of the molecule is CCc1nc(C(N)c2cccc(OC)c2OC)no1. The van der Waals surface area contributed by atoms with E-state index < -0.39 is 6.04 Å². The van der Waals surface area contributed by atoms with Gasteiger partial charge in [-0.2, -0.15) is 4.98 Å². The van der Waals surface area contributed by atoms with Crippen molar-refractivity contribution in [1.29, 1.82) is 0 Å². The lowest BCUT2D eigenvalue weighted by atomic mass is 10.1. The number of aromatic nitrogens is 2. The molecule has 102 valence electrons. The molecule has 1 aromatic carbocycles. The zero-order chi connectivity index (χ0) is 13.8. The minimum atomic E-state index is -0.519. The summed E-state index contributed by atoms with van der Waals surface area (Å²) in [6, 6.07) is 4.99. The number of nitrogens with two attached hydrogens (primary N) is 1. The summed E-state index contributed by atoms with van der Waals surface area (Å²) >= 11 is 0. The maximum Gasteiger partial charge on any atom is 0.226 e. The van der Waals surface area contributed by atoms with Crippen molar-refractivity contribution in [3.63, 3.8) is 0 Å². The molecule has 0 radical (unpaired) electrons. The number of rotatable bonds is 5. The van der Waals surface area contributed by atoms with E-state index in [2.05, 4.69) is 10.1 Å². The molecular formula is C13H17N3O3. The molecule has 2 aromatic rings. The summed E-state index contributed by atoms with van der Waals surface area (Å²) in [4.78, 5) is 4.24. The Labute approximate surface area is 111 Å². The predicted molar refractivity (Wildman–Crippen MR) is 69.3 cm³/mol. The third-order valence-corrected chi connectivity index (χ3v) is 2.83. The van der Waals surface area contributed by atoms with Crippen LogP contribution in [-0.2, 0) is 6.42 Å². The molecule has 1 heterocycles. The van der Waals surface area contributed by atoms with Gasteiger partial charge in [0.05, 0.1) is 20.3 Å². The molecule has 0 aliphatic carbocycles. The second-order valence-electron chi connectivity index (χ2n) is 3.96. The molecule has 6 nitrogen and oxygen atoms in total. The van der Waals surface area contributed by atoms with Crippen molar-refractivity contribution < 1.29 is 14.0 Å². The lowest BCUT2D eigenvalue weighted by molar-refractivity contribution is 0.349. The average Bonchev–Trinajstić information content (AvgIpc) is 2.94. The molecule has 0 saturated heterocycles. The molecule has 19 heavy (non-hydrogen) atoms. The van der Waals surface area contributed by atoms with E-state index >= 15 is 0 Å². The Morgan fingerprint density at radius 1 is 1.32 bits per heavy atom. The quantitative estimate of drug-likeness (QED) is 0.883. The van der Waals surface area contributed by atoms with E-state index in [-0.39, 0.29) is 0 Å². The lowest BCUT2D eigenvalue weighted by Gasteiger charge is -2.15. The molecule has 1 unspecified atom stereocenters. The molecule has 0 amide bonds. The summed E-state index contributed by atoms with van der Waals surface area (Å²) in [5.74, 6) is 2.20. The number of methoxy groups -OCH3 is 2. The van der Waals surface area contributed by atoms with Crippen molar-refractivity contribution in [1.82, 2.24) is 10.1 Å². The highest BCUT2D eigenvalue weighted by atomic mass is 16.5. The van der Waals surface area contributed by atoms with E-state index in [1.807, 2.05) is 25.1 Å².